The van der Waals surface area contributed by atoms with Crippen LogP contribution in [0.15, 0.2) is 22.7 Å². The number of nitrogens with zero attached hydrogens (tertiary/aromatic N) is 1. The number of nitrogens with one attached hydrogen (secondary N) is 1. The van der Waals surface area contributed by atoms with Crippen molar-refractivity contribution in [2.75, 3.05) is 18.0 Å². The van der Waals surface area contributed by atoms with Gasteiger partial charge in [-0.2, -0.15) is 0 Å². The quantitative estimate of drug-likeness (QED) is 0.854. The second-order valence-corrected chi connectivity index (χ2v) is 7.56. The summed E-state index contributed by atoms with van der Waals surface area (Å²) >= 11 is 3.62. The fraction of sp³-hybridized carbons (Fsp3) is 0.647. The van der Waals surface area contributed by atoms with Crippen molar-refractivity contribution in [1.29, 1.82) is 0 Å². The van der Waals surface area contributed by atoms with Gasteiger partial charge in [0.2, 0.25) is 0 Å². The van der Waals surface area contributed by atoms with E-state index in [2.05, 4.69) is 72.0 Å². The summed E-state index contributed by atoms with van der Waals surface area (Å²) in [5.74, 6) is 1.49. The molecule has 3 heteroatoms. The molecule has 0 amide bonds. The third-order valence-electron chi connectivity index (χ3n) is 4.01. The van der Waals surface area contributed by atoms with Gasteiger partial charge >= 0.3 is 0 Å². The molecule has 20 heavy (non-hydrogen) atoms. The largest absolute Gasteiger partial charge is 0.368 e. The van der Waals surface area contributed by atoms with E-state index in [0.717, 1.165) is 19.0 Å². The Morgan fingerprint density at radius 2 is 2.10 bits per heavy atom. The van der Waals surface area contributed by atoms with E-state index in [9.17, 15) is 0 Å². The third-order valence-corrected chi connectivity index (χ3v) is 4.50. The molecule has 0 saturated carbocycles. The molecule has 1 saturated heterocycles. The molecule has 1 aliphatic heterocycles. The lowest BCUT2D eigenvalue weighted by Gasteiger charge is -2.27. The van der Waals surface area contributed by atoms with Crippen molar-refractivity contribution in [1.82, 2.24) is 5.32 Å². The van der Waals surface area contributed by atoms with Crippen LogP contribution >= 0.6 is 15.9 Å². The van der Waals surface area contributed by atoms with Gasteiger partial charge in [0.05, 0.1) is 0 Å². The van der Waals surface area contributed by atoms with E-state index in [1.807, 2.05) is 0 Å². The standard InChI is InChI=1S/C17H27BrN2/c1-12(2)9-19-10-15-5-6-16(18)8-17(15)20-11-13(3)7-14(20)4/h5-6,8,12-14,19H,7,9-11H2,1-4H3. The average Bonchev–Trinajstić information content (AvgIpc) is 2.70. The van der Waals surface area contributed by atoms with Gasteiger partial charge in [-0.05, 0) is 49.4 Å². The first kappa shape index (κ1) is 15.8. The number of rotatable bonds is 5. The molecule has 1 N–H and O–H groups in total. The molecule has 2 unspecified atom stereocenters. The molecule has 112 valence electrons. The summed E-state index contributed by atoms with van der Waals surface area (Å²) in [6, 6.07) is 7.33. The summed E-state index contributed by atoms with van der Waals surface area (Å²) in [6.45, 7) is 12.4. The summed E-state index contributed by atoms with van der Waals surface area (Å²) in [7, 11) is 0. The molecule has 1 aromatic rings. The smallest absolute Gasteiger partial charge is 0.0425 e. The zero-order valence-corrected chi connectivity index (χ0v) is 14.7. The highest BCUT2D eigenvalue weighted by Crippen LogP contribution is 2.33. The fourth-order valence-corrected chi connectivity index (χ4v) is 3.43. The van der Waals surface area contributed by atoms with Crippen molar-refractivity contribution in [3.63, 3.8) is 0 Å². The number of halogens is 1. The molecule has 2 nitrogen and oxygen atoms in total. The highest BCUT2D eigenvalue weighted by atomic mass is 79.9. The Kier molecular flexibility index (Phi) is 5.50. The SMILES string of the molecule is CC(C)CNCc1ccc(Br)cc1N1CC(C)CC1C. The van der Waals surface area contributed by atoms with Gasteiger partial charge in [0.15, 0.2) is 0 Å². The third kappa shape index (κ3) is 3.98. The van der Waals surface area contributed by atoms with Crippen LogP contribution in [-0.2, 0) is 6.54 Å². The second kappa shape index (κ2) is 6.95. The Hall–Kier alpha value is -0.540. The number of hydrogen-bond acceptors (Lipinski definition) is 2. The minimum absolute atomic E-state index is 0.642. The van der Waals surface area contributed by atoms with Crippen molar-refractivity contribution in [2.24, 2.45) is 11.8 Å². The Morgan fingerprint density at radius 3 is 2.70 bits per heavy atom. The van der Waals surface area contributed by atoms with Gasteiger partial charge < -0.3 is 10.2 Å². The van der Waals surface area contributed by atoms with Crippen molar-refractivity contribution < 1.29 is 0 Å². The van der Waals surface area contributed by atoms with Crippen LogP contribution in [0.2, 0.25) is 0 Å². The molecular formula is C17H27BrN2. The lowest BCUT2D eigenvalue weighted by atomic mass is 10.1. The van der Waals surface area contributed by atoms with Gasteiger partial charge in [-0.25, -0.2) is 0 Å². The van der Waals surface area contributed by atoms with E-state index in [4.69, 9.17) is 0 Å². The summed E-state index contributed by atoms with van der Waals surface area (Å²) in [6.07, 6.45) is 1.30. The average molecular weight is 339 g/mol. The maximum atomic E-state index is 3.62. The molecule has 0 bridgehead atoms. The topological polar surface area (TPSA) is 15.3 Å². The highest BCUT2D eigenvalue weighted by Gasteiger charge is 2.27. The van der Waals surface area contributed by atoms with E-state index in [1.165, 1.54) is 28.7 Å². The summed E-state index contributed by atoms with van der Waals surface area (Å²) < 4.78 is 1.17. The van der Waals surface area contributed by atoms with E-state index >= 15 is 0 Å². The van der Waals surface area contributed by atoms with Gasteiger partial charge in [-0.1, -0.05) is 42.8 Å². The molecule has 0 radical (unpaired) electrons. The predicted molar refractivity (Wildman–Crippen MR) is 91.3 cm³/mol. The molecule has 0 aliphatic carbocycles. The molecule has 2 atom stereocenters. The van der Waals surface area contributed by atoms with Crippen LogP contribution in [0.1, 0.15) is 39.7 Å². The zero-order valence-electron chi connectivity index (χ0n) is 13.1. The Bertz CT molecular complexity index is 445. The summed E-state index contributed by atoms with van der Waals surface area (Å²) in [4.78, 5) is 2.57. The number of benzene rings is 1. The normalized spacial score (nSPS) is 22.8. The Morgan fingerprint density at radius 1 is 1.35 bits per heavy atom. The van der Waals surface area contributed by atoms with Crippen LogP contribution in [0.25, 0.3) is 0 Å². The van der Waals surface area contributed by atoms with Crippen molar-refractivity contribution in [3.8, 4) is 0 Å². The molecule has 1 fully saturated rings. The van der Waals surface area contributed by atoms with Crippen LogP contribution in [0.4, 0.5) is 5.69 Å². The molecular weight excluding hydrogens is 312 g/mol. The van der Waals surface area contributed by atoms with Gasteiger partial charge in [0.25, 0.3) is 0 Å². The summed E-state index contributed by atoms with van der Waals surface area (Å²) in [5, 5.41) is 3.57. The lowest BCUT2D eigenvalue weighted by molar-refractivity contribution is 0.551. The number of hydrogen-bond donors (Lipinski definition) is 1. The maximum absolute atomic E-state index is 3.62. The zero-order chi connectivity index (χ0) is 14.7. The first-order valence-corrected chi connectivity index (χ1v) is 8.52. The molecule has 2 rings (SSSR count). The van der Waals surface area contributed by atoms with Crippen LogP contribution in [0, 0.1) is 11.8 Å². The van der Waals surface area contributed by atoms with Crippen LogP contribution < -0.4 is 10.2 Å². The van der Waals surface area contributed by atoms with Crippen molar-refractivity contribution >= 4 is 21.6 Å². The number of anilines is 1. The predicted octanol–water partition coefficient (Wildman–Crippen LogP) is 4.43. The van der Waals surface area contributed by atoms with E-state index < -0.39 is 0 Å². The summed E-state index contributed by atoms with van der Waals surface area (Å²) in [5.41, 5.74) is 2.81. The van der Waals surface area contributed by atoms with Gasteiger partial charge in [0.1, 0.15) is 0 Å². The van der Waals surface area contributed by atoms with Gasteiger partial charge in [-0.3, -0.25) is 0 Å². The fourth-order valence-electron chi connectivity index (χ4n) is 3.08. The lowest BCUT2D eigenvalue weighted by Crippen LogP contribution is -2.29. The van der Waals surface area contributed by atoms with Crippen LogP contribution in [0.3, 0.4) is 0 Å². The monoisotopic (exact) mass is 338 g/mol. The molecule has 1 aromatic carbocycles. The molecule has 0 spiro atoms. The van der Waals surface area contributed by atoms with Crippen molar-refractivity contribution in [2.45, 2.75) is 46.7 Å². The first-order valence-electron chi connectivity index (χ1n) is 7.73. The highest BCUT2D eigenvalue weighted by molar-refractivity contribution is 9.10. The molecule has 0 aromatic heterocycles. The first-order chi connectivity index (χ1) is 9.47. The Labute approximate surface area is 132 Å². The van der Waals surface area contributed by atoms with Crippen LogP contribution in [0.5, 0.6) is 0 Å². The Balaban J connectivity index is 2.15. The minimum atomic E-state index is 0.642. The van der Waals surface area contributed by atoms with Crippen molar-refractivity contribution in [3.05, 3.63) is 28.2 Å². The van der Waals surface area contributed by atoms with Gasteiger partial charge in [-0.15, -0.1) is 0 Å². The second-order valence-electron chi connectivity index (χ2n) is 6.64. The van der Waals surface area contributed by atoms with E-state index in [-0.39, 0.29) is 0 Å². The van der Waals surface area contributed by atoms with E-state index in [1.54, 1.807) is 0 Å². The van der Waals surface area contributed by atoms with E-state index in [0.29, 0.717) is 12.0 Å². The van der Waals surface area contributed by atoms with Gasteiger partial charge in [0, 0.05) is 29.3 Å². The van der Waals surface area contributed by atoms with Crippen LogP contribution in [-0.4, -0.2) is 19.1 Å². The molecule has 1 aliphatic rings. The molecule has 1 heterocycles. The maximum Gasteiger partial charge on any atom is 0.0425 e. The minimum Gasteiger partial charge on any atom is -0.368 e.